The van der Waals surface area contributed by atoms with Crippen molar-refractivity contribution in [2.75, 3.05) is 26.3 Å². The molecule has 19 heavy (non-hydrogen) atoms. The van der Waals surface area contributed by atoms with Crippen molar-refractivity contribution in [3.05, 3.63) is 47.3 Å². The summed E-state index contributed by atoms with van der Waals surface area (Å²) in [6.07, 6.45) is 0. The Hall–Kier alpha value is -1.65. The Bertz CT molecular complexity index is 542. The molecular weight excluding hydrogens is 258 g/mol. The van der Waals surface area contributed by atoms with Crippen LogP contribution in [-0.4, -0.2) is 37.1 Å². The quantitative estimate of drug-likeness (QED) is 0.842. The van der Waals surface area contributed by atoms with Crippen LogP contribution in [0.2, 0.25) is 0 Å². The van der Waals surface area contributed by atoms with Gasteiger partial charge >= 0.3 is 0 Å². The first-order valence-electron chi connectivity index (χ1n) is 6.35. The van der Waals surface area contributed by atoms with E-state index in [1.165, 1.54) is 4.88 Å². The SMILES string of the molecule is O=C(c1ccc(-c2cccs2)cc1)N1CCOCC1. The first-order valence-corrected chi connectivity index (χ1v) is 7.23. The van der Waals surface area contributed by atoms with Gasteiger partial charge in [-0.3, -0.25) is 4.79 Å². The van der Waals surface area contributed by atoms with Crippen molar-refractivity contribution in [2.24, 2.45) is 0 Å². The molecular formula is C15H15NO2S. The standard InChI is InChI=1S/C15H15NO2S/c17-15(16-7-9-18-10-8-16)13-5-3-12(4-6-13)14-2-1-11-19-14/h1-6,11H,7-10H2. The summed E-state index contributed by atoms with van der Waals surface area (Å²) in [5, 5.41) is 2.06. The van der Waals surface area contributed by atoms with Gasteiger partial charge in [-0.25, -0.2) is 0 Å². The number of thiophene rings is 1. The van der Waals surface area contributed by atoms with E-state index in [1.54, 1.807) is 11.3 Å². The monoisotopic (exact) mass is 273 g/mol. The summed E-state index contributed by atoms with van der Waals surface area (Å²) in [5.41, 5.74) is 1.91. The number of nitrogens with zero attached hydrogens (tertiary/aromatic N) is 1. The molecule has 1 aromatic carbocycles. The summed E-state index contributed by atoms with van der Waals surface area (Å²) >= 11 is 1.71. The number of morpholine rings is 1. The van der Waals surface area contributed by atoms with Crippen molar-refractivity contribution in [2.45, 2.75) is 0 Å². The van der Waals surface area contributed by atoms with E-state index in [4.69, 9.17) is 4.74 Å². The third-order valence-electron chi connectivity index (χ3n) is 3.24. The minimum atomic E-state index is 0.0982. The lowest BCUT2D eigenvalue weighted by molar-refractivity contribution is 0.0303. The zero-order valence-corrected chi connectivity index (χ0v) is 11.4. The lowest BCUT2D eigenvalue weighted by Crippen LogP contribution is -2.40. The van der Waals surface area contributed by atoms with Gasteiger partial charge in [0, 0.05) is 23.5 Å². The highest BCUT2D eigenvalue weighted by Gasteiger charge is 2.18. The molecule has 1 saturated heterocycles. The van der Waals surface area contributed by atoms with Gasteiger partial charge in [-0.1, -0.05) is 18.2 Å². The number of hydrogen-bond donors (Lipinski definition) is 0. The molecule has 1 amide bonds. The Kier molecular flexibility index (Phi) is 3.62. The molecule has 1 aromatic heterocycles. The van der Waals surface area contributed by atoms with E-state index >= 15 is 0 Å². The first-order chi connectivity index (χ1) is 9.34. The summed E-state index contributed by atoms with van der Waals surface area (Å²) in [6, 6.07) is 12.0. The second kappa shape index (κ2) is 5.55. The van der Waals surface area contributed by atoms with Crippen LogP contribution in [0.15, 0.2) is 41.8 Å². The number of benzene rings is 1. The van der Waals surface area contributed by atoms with Crippen LogP contribution in [0, 0.1) is 0 Å². The van der Waals surface area contributed by atoms with Gasteiger partial charge in [0.25, 0.3) is 5.91 Å². The number of ether oxygens (including phenoxy) is 1. The van der Waals surface area contributed by atoms with E-state index in [-0.39, 0.29) is 5.91 Å². The van der Waals surface area contributed by atoms with E-state index in [0.717, 1.165) is 11.1 Å². The van der Waals surface area contributed by atoms with Crippen molar-refractivity contribution in [3.8, 4) is 10.4 Å². The van der Waals surface area contributed by atoms with E-state index in [2.05, 4.69) is 11.4 Å². The lowest BCUT2D eigenvalue weighted by atomic mass is 10.1. The number of carbonyl (C=O) groups excluding carboxylic acids is 1. The van der Waals surface area contributed by atoms with Crippen molar-refractivity contribution >= 4 is 17.2 Å². The summed E-state index contributed by atoms with van der Waals surface area (Å²) in [5.74, 6) is 0.0982. The maximum atomic E-state index is 12.3. The van der Waals surface area contributed by atoms with Gasteiger partial charge in [-0.2, -0.15) is 0 Å². The Balaban J connectivity index is 1.76. The average molecular weight is 273 g/mol. The van der Waals surface area contributed by atoms with Crippen LogP contribution in [0.3, 0.4) is 0 Å². The van der Waals surface area contributed by atoms with E-state index in [0.29, 0.717) is 26.3 Å². The molecule has 0 spiro atoms. The Labute approximate surface area is 116 Å². The molecule has 3 rings (SSSR count). The van der Waals surface area contributed by atoms with Crippen LogP contribution in [0.25, 0.3) is 10.4 Å². The number of amides is 1. The highest BCUT2D eigenvalue weighted by atomic mass is 32.1. The second-order valence-corrected chi connectivity index (χ2v) is 5.41. The molecule has 2 heterocycles. The zero-order chi connectivity index (χ0) is 13.1. The van der Waals surface area contributed by atoms with Crippen molar-refractivity contribution in [1.29, 1.82) is 0 Å². The van der Waals surface area contributed by atoms with Gasteiger partial charge < -0.3 is 9.64 Å². The van der Waals surface area contributed by atoms with Gasteiger partial charge in [0.15, 0.2) is 0 Å². The largest absolute Gasteiger partial charge is 0.378 e. The molecule has 0 bridgehead atoms. The molecule has 1 aliphatic rings. The fourth-order valence-electron chi connectivity index (χ4n) is 2.17. The summed E-state index contributed by atoms with van der Waals surface area (Å²) in [7, 11) is 0. The van der Waals surface area contributed by atoms with E-state index in [9.17, 15) is 4.79 Å². The smallest absolute Gasteiger partial charge is 0.254 e. The third kappa shape index (κ3) is 2.69. The highest BCUT2D eigenvalue weighted by molar-refractivity contribution is 7.13. The third-order valence-corrected chi connectivity index (χ3v) is 4.15. The molecule has 3 nitrogen and oxygen atoms in total. The number of rotatable bonds is 2. The fourth-order valence-corrected chi connectivity index (χ4v) is 2.90. The Morgan fingerprint density at radius 3 is 2.47 bits per heavy atom. The average Bonchev–Trinajstić information content (AvgIpc) is 3.02. The van der Waals surface area contributed by atoms with E-state index < -0.39 is 0 Å². The molecule has 1 aliphatic heterocycles. The number of hydrogen-bond acceptors (Lipinski definition) is 3. The van der Waals surface area contributed by atoms with Gasteiger partial charge in [-0.05, 0) is 29.1 Å². The fraction of sp³-hybridized carbons (Fsp3) is 0.267. The molecule has 4 heteroatoms. The zero-order valence-electron chi connectivity index (χ0n) is 10.5. The van der Waals surface area contributed by atoms with Crippen molar-refractivity contribution < 1.29 is 9.53 Å². The first kappa shape index (κ1) is 12.4. The van der Waals surface area contributed by atoms with Gasteiger partial charge in [0.2, 0.25) is 0 Å². The summed E-state index contributed by atoms with van der Waals surface area (Å²) < 4.78 is 5.26. The van der Waals surface area contributed by atoms with Crippen LogP contribution < -0.4 is 0 Å². The molecule has 0 N–H and O–H groups in total. The second-order valence-electron chi connectivity index (χ2n) is 4.46. The van der Waals surface area contributed by atoms with Crippen LogP contribution >= 0.6 is 11.3 Å². The minimum absolute atomic E-state index is 0.0982. The predicted octanol–water partition coefficient (Wildman–Crippen LogP) is 2.89. The summed E-state index contributed by atoms with van der Waals surface area (Å²) in [6.45, 7) is 2.65. The van der Waals surface area contributed by atoms with Gasteiger partial charge in [0.1, 0.15) is 0 Å². The minimum Gasteiger partial charge on any atom is -0.378 e. The highest BCUT2D eigenvalue weighted by Crippen LogP contribution is 2.24. The van der Waals surface area contributed by atoms with Crippen molar-refractivity contribution in [3.63, 3.8) is 0 Å². The molecule has 2 aromatic rings. The van der Waals surface area contributed by atoms with Crippen LogP contribution in [-0.2, 0) is 4.74 Å². The van der Waals surface area contributed by atoms with Crippen LogP contribution in [0.5, 0.6) is 0 Å². The molecule has 0 atom stereocenters. The Morgan fingerprint density at radius 2 is 1.84 bits per heavy atom. The van der Waals surface area contributed by atoms with Crippen LogP contribution in [0.1, 0.15) is 10.4 Å². The molecule has 0 unspecified atom stereocenters. The maximum Gasteiger partial charge on any atom is 0.254 e. The molecule has 0 aliphatic carbocycles. The van der Waals surface area contributed by atoms with E-state index in [1.807, 2.05) is 35.2 Å². The van der Waals surface area contributed by atoms with Gasteiger partial charge in [0.05, 0.1) is 13.2 Å². The number of carbonyl (C=O) groups is 1. The maximum absolute atomic E-state index is 12.3. The topological polar surface area (TPSA) is 29.5 Å². The molecule has 0 radical (unpaired) electrons. The normalized spacial score (nSPS) is 15.5. The van der Waals surface area contributed by atoms with Crippen LogP contribution in [0.4, 0.5) is 0 Å². The van der Waals surface area contributed by atoms with Gasteiger partial charge in [-0.15, -0.1) is 11.3 Å². The molecule has 0 saturated carbocycles. The molecule has 98 valence electrons. The predicted molar refractivity (Wildman–Crippen MR) is 76.5 cm³/mol. The lowest BCUT2D eigenvalue weighted by Gasteiger charge is -2.26. The Morgan fingerprint density at radius 1 is 1.11 bits per heavy atom. The van der Waals surface area contributed by atoms with Crippen molar-refractivity contribution in [1.82, 2.24) is 4.90 Å². The molecule has 1 fully saturated rings. The summed E-state index contributed by atoms with van der Waals surface area (Å²) in [4.78, 5) is 15.3.